The first-order valence-corrected chi connectivity index (χ1v) is 11.0. The molecule has 6 heteroatoms. The second-order valence-electron chi connectivity index (χ2n) is 6.97. The summed E-state index contributed by atoms with van der Waals surface area (Å²) >= 11 is 3.53. The molecule has 1 aliphatic carbocycles. The topological polar surface area (TPSA) is 43.6 Å². The highest BCUT2D eigenvalue weighted by Gasteiger charge is 2.31. The number of thioether (sulfide) groups is 1. The van der Waals surface area contributed by atoms with Gasteiger partial charge in [-0.15, -0.1) is 21.5 Å². The van der Waals surface area contributed by atoms with Gasteiger partial charge in [0, 0.05) is 5.92 Å². The highest BCUT2D eigenvalue weighted by Crippen LogP contribution is 2.42. The van der Waals surface area contributed by atoms with Crippen molar-refractivity contribution in [1.29, 1.82) is 0 Å². The number of hydrogen-bond acceptors (Lipinski definition) is 5. The third kappa shape index (κ3) is 3.51. The van der Waals surface area contributed by atoms with E-state index in [0.29, 0.717) is 5.92 Å². The van der Waals surface area contributed by atoms with Crippen LogP contribution in [0.3, 0.4) is 0 Å². The molecule has 5 rings (SSSR count). The quantitative estimate of drug-likeness (QED) is 0.397. The number of nitrogens with zero attached hydrogens (tertiary/aromatic N) is 4. The Labute approximate surface area is 166 Å². The van der Waals surface area contributed by atoms with E-state index in [4.69, 9.17) is 4.98 Å². The lowest BCUT2D eigenvalue weighted by molar-refractivity contribution is 0.666. The van der Waals surface area contributed by atoms with Crippen LogP contribution in [0.2, 0.25) is 0 Å². The van der Waals surface area contributed by atoms with Crippen molar-refractivity contribution in [3.8, 4) is 0 Å². The summed E-state index contributed by atoms with van der Waals surface area (Å²) in [7, 11) is 0. The molecular weight excluding hydrogens is 372 g/mol. The van der Waals surface area contributed by atoms with Crippen LogP contribution in [0.1, 0.15) is 47.3 Å². The van der Waals surface area contributed by atoms with Crippen LogP contribution in [-0.2, 0) is 6.54 Å². The zero-order chi connectivity index (χ0) is 18.2. The molecule has 1 fully saturated rings. The molecule has 1 aliphatic rings. The number of benzene rings is 2. The normalized spacial score (nSPS) is 15.3. The van der Waals surface area contributed by atoms with E-state index < -0.39 is 0 Å². The van der Waals surface area contributed by atoms with Crippen molar-refractivity contribution >= 4 is 33.3 Å². The van der Waals surface area contributed by atoms with Gasteiger partial charge >= 0.3 is 0 Å². The lowest BCUT2D eigenvalue weighted by Gasteiger charge is -2.12. The number of thiazole rings is 1. The lowest BCUT2D eigenvalue weighted by Crippen LogP contribution is -2.06. The van der Waals surface area contributed by atoms with Crippen LogP contribution in [0.15, 0.2) is 59.8 Å². The molecule has 0 spiro atoms. The Morgan fingerprint density at radius 2 is 1.85 bits per heavy atom. The molecule has 4 aromatic rings. The third-order valence-corrected chi connectivity index (χ3v) is 7.27. The fourth-order valence-electron chi connectivity index (χ4n) is 3.22. The minimum atomic E-state index is 0.244. The SMILES string of the molecule is C[C@H](Sc1nnc(C2CC2)n1Cc1ccccc1)c1nc2ccccc2s1. The van der Waals surface area contributed by atoms with Crippen molar-refractivity contribution in [2.75, 3.05) is 0 Å². The summed E-state index contributed by atoms with van der Waals surface area (Å²) in [5, 5.41) is 11.5. The molecule has 136 valence electrons. The van der Waals surface area contributed by atoms with Crippen molar-refractivity contribution in [3.63, 3.8) is 0 Å². The lowest BCUT2D eigenvalue weighted by atomic mass is 10.2. The largest absolute Gasteiger partial charge is 0.301 e. The van der Waals surface area contributed by atoms with Gasteiger partial charge in [-0.3, -0.25) is 0 Å². The molecule has 4 nitrogen and oxygen atoms in total. The third-order valence-electron chi connectivity index (χ3n) is 4.81. The maximum atomic E-state index is 4.82. The summed E-state index contributed by atoms with van der Waals surface area (Å²) in [4.78, 5) is 4.82. The van der Waals surface area contributed by atoms with E-state index in [1.807, 2.05) is 6.07 Å². The van der Waals surface area contributed by atoms with E-state index in [2.05, 4.69) is 70.2 Å². The van der Waals surface area contributed by atoms with Gasteiger partial charge in [0.05, 0.1) is 22.0 Å². The molecule has 0 saturated heterocycles. The van der Waals surface area contributed by atoms with Gasteiger partial charge in [0.25, 0.3) is 0 Å². The Kier molecular flexibility index (Phi) is 4.45. The summed E-state index contributed by atoms with van der Waals surface area (Å²) in [5.74, 6) is 1.71. The first-order valence-electron chi connectivity index (χ1n) is 9.27. The second kappa shape index (κ2) is 7.09. The summed E-state index contributed by atoms with van der Waals surface area (Å²) in [6, 6.07) is 18.9. The number of fused-ring (bicyclic) bond motifs is 1. The van der Waals surface area contributed by atoms with Gasteiger partial charge in [-0.2, -0.15) is 0 Å². The molecule has 27 heavy (non-hydrogen) atoms. The predicted molar refractivity (Wildman–Crippen MR) is 111 cm³/mol. The van der Waals surface area contributed by atoms with Crippen LogP contribution in [0.4, 0.5) is 0 Å². The average Bonchev–Trinajstić information content (AvgIpc) is 3.32. The second-order valence-corrected chi connectivity index (χ2v) is 9.34. The van der Waals surface area contributed by atoms with E-state index in [0.717, 1.165) is 28.0 Å². The van der Waals surface area contributed by atoms with Gasteiger partial charge in [0.1, 0.15) is 10.8 Å². The van der Waals surface area contributed by atoms with Crippen molar-refractivity contribution in [2.24, 2.45) is 0 Å². The Morgan fingerprint density at radius 1 is 1.07 bits per heavy atom. The Hall–Kier alpha value is -2.18. The highest BCUT2D eigenvalue weighted by molar-refractivity contribution is 7.99. The molecule has 2 heterocycles. The van der Waals surface area contributed by atoms with Crippen molar-refractivity contribution < 1.29 is 0 Å². The van der Waals surface area contributed by atoms with Crippen LogP contribution >= 0.6 is 23.1 Å². The molecule has 0 radical (unpaired) electrons. The van der Waals surface area contributed by atoms with Crippen LogP contribution in [0.5, 0.6) is 0 Å². The molecule has 2 aromatic carbocycles. The van der Waals surface area contributed by atoms with Crippen molar-refractivity contribution in [3.05, 3.63) is 71.0 Å². The zero-order valence-electron chi connectivity index (χ0n) is 15.1. The summed E-state index contributed by atoms with van der Waals surface area (Å²) in [6.07, 6.45) is 2.45. The fraction of sp³-hybridized carbons (Fsp3) is 0.286. The van der Waals surface area contributed by atoms with E-state index >= 15 is 0 Å². The van der Waals surface area contributed by atoms with Gasteiger partial charge in [0.15, 0.2) is 5.16 Å². The molecule has 0 unspecified atom stereocenters. The predicted octanol–water partition coefficient (Wildman–Crippen LogP) is 5.67. The van der Waals surface area contributed by atoms with Gasteiger partial charge in [0.2, 0.25) is 0 Å². The average molecular weight is 393 g/mol. The van der Waals surface area contributed by atoms with Crippen LogP contribution in [-0.4, -0.2) is 19.7 Å². The van der Waals surface area contributed by atoms with Gasteiger partial charge in [-0.1, -0.05) is 54.2 Å². The van der Waals surface area contributed by atoms with Crippen molar-refractivity contribution in [1.82, 2.24) is 19.7 Å². The fourth-order valence-corrected chi connectivity index (χ4v) is 5.25. The molecule has 0 amide bonds. The standard InChI is InChI=1S/C21H20N4S2/c1-14(20-22-17-9-5-6-10-18(17)27-20)26-21-24-23-19(16-11-12-16)25(21)13-15-7-3-2-4-8-15/h2-10,14,16H,11-13H2,1H3/t14-/m0/s1. The summed E-state index contributed by atoms with van der Waals surface area (Å²) in [5.41, 5.74) is 2.36. The number of para-hydroxylation sites is 1. The van der Waals surface area contributed by atoms with Crippen LogP contribution < -0.4 is 0 Å². The highest BCUT2D eigenvalue weighted by atomic mass is 32.2. The van der Waals surface area contributed by atoms with E-state index in [9.17, 15) is 0 Å². The number of rotatable bonds is 6. The van der Waals surface area contributed by atoms with Gasteiger partial charge in [-0.25, -0.2) is 4.98 Å². The molecular formula is C21H20N4S2. The maximum Gasteiger partial charge on any atom is 0.192 e. The molecule has 1 saturated carbocycles. The van der Waals surface area contributed by atoms with Crippen LogP contribution in [0, 0.1) is 0 Å². The van der Waals surface area contributed by atoms with Crippen molar-refractivity contribution in [2.45, 2.75) is 42.6 Å². The molecule has 0 aliphatic heterocycles. The molecule has 1 atom stereocenters. The zero-order valence-corrected chi connectivity index (χ0v) is 16.7. The number of aromatic nitrogens is 4. The summed E-state index contributed by atoms with van der Waals surface area (Å²) in [6.45, 7) is 3.04. The summed E-state index contributed by atoms with van der Waals surface area (Å²) < 4.78 is 3.55. The first-order chi connectivity index (χ1) is 13.3. The monoisotopic (exact) mass is 392 g/mol. The number of hydrogen-bond donors (Lipinski definition) is 0. The molecule has 0 bridgehead atoms. The van der Waals surface area contributed by atoms with E-state index in [1.165, 1.54) is 23.1 Å². The Balaban J connectivity index is 1.44. The molecule has 2 aromatic heterocycles. The first kappa shape index (κ1) is 17.0. The smallest absolute Gasteiger partial charge is 0.192 e. The minimum absolute atomic E-state index is 0.244. The maximum absolute atomic E-state index is 4.82. The Morgan fingerprint density at radius 3 is 2.63 bits per heavy atom. The van der Waals surface area contributed by atoms with E-state index in [-0.39, 0.29) is 5.25 Å². The van der Waals surface area contributed by atoms with Gasteiger partial charge < -0.3 is 4.57 Å². The van der Waals surface area contributed by atoms with E-state index in [1.54, 1.807) is 23.1 Å². The molecule has 0 N–H and O–H groups in total. The van der Waals surface area contributed by atoms with Crippen LogP contribution in [0.25, 0.3) is 10.2 Å². The van der Waals surface area contributed by atoms with Gasteiger partial charge in [-0.05, 0) is 37.5 Å². The minimum Gasteiger partial charge on any atom is -0.301 e. The Bertz CT molecular complexity index is 1030.